The Labute approximate surface area is 140 Å². The number of nitrogens with zero attached hydrogens (tertiary/aromatic N) is 2. The summed E-state index contributed by atoms with van der Waals surface area (Å²) in [5.41, 5.74) is 1.63. The Balaban J connectivity index is 2.08. The topological polar surface area (TPSA) is 62.3 Å². The summed E-state index contributed by atoms with van der Waals surface area (Å²) in [7, 11) is 0. The lowest BCUT2D eigenvalue weighted by atomic mass is 10.1. The number of halogens is 1. The van der Waals surface area contributed by atoms with Gasteiger partial charge in [0.25, 0.3) is 11.8 Å². The van der Waals surface area contributed by atoms with Gasteiger partial charge in [0, 0.05) is 36.1 Å². The second-order valence-corrected chi connectivity index (χ2v) is 5.26. The van der Waals surface area contributed by atoms with E-state index in [1.165, 1.54) is 12.3 Å². The summed E-state index contributed by atoms with van der Waals surface area (Å²) in [5, 5.41) is 3.02. The van der Waals surface area contributed by atoms with Gasteiger partial charge in [-0.2, -0.15) is 0 Å². The monoisotopic (exact) mass is 331 g/mol. The predicted octanol–water partition coefficient (Wildman–Crippen LogP) is 3.47. The van der Waals surface area contributed by atoms with Crippen molar-refractivity contribution in [3.05, 3.63) is 58.9 Å². The maximum absolute atomic E-state index is 12.2. The number of benzene rings is 1. The molecule has 0 saturated heterocycles. The fourth-order valence-electron chi connectivity index (χ4n) is 2.14. The maximum Gasteiger partial charge on any atom is 0.255 e. The Morgan fingerprint density at radius 3 is 2.30 bits per heavy atom. The molecule has 0 atom stereocenters. The Morgan fingerprint density at radius 1 is 1.09 bits per heavy atom. The van der Waals surface area contributed by atoms with Gasteiger partial charge in [-0.15, -0.1) is 0 Å². The number of carbonyl (C=O) groups is 2. The molecular formula is C17H18ClN3O2. The molecule has 1 aromatic heterocycles. The first-order valence-electron chi connectivity index (χ1n) is 7.37. The average Bonchev–Trinajstić information content (AvgIpc) is 2.56. The molecule has 2 amide bonds. The Morgan fingerprint density at radius 2 is 1.74 bits per heavy atom. The lowest BCUT2D eigenvalue weighted by Gasteiger charge is -2.18. The van der Waals surface area contributed by atoms with Gasteiger partial charge in [-0.1, -0.05) is 11.6 Å². The van der Waals surface area contributed by atoms with Crippen molar-refractivity contribution in [3.8, 4) is 0 Å². The number of nitrogens with one attached hydrogen (secondary N) is 1. The Bertz CT molecular complexity index is 697. The van der Waals surface area contributed by atoms with Crippen molar-refractivity contribution >= 4 is 29.1 Å². The lowest BCUT2D eigenvalue weighted by molar-refractivity contribution is 0.0773. The van der Waals surface area contributed by atoms with Crippen LogP contribution in [0.15, 0.2) is 42.6 Å². The van der Waals surface area contributed by atoms with E-state index in [-0.39, 0.29) is 17.0 Å². The molecule has 0 fully saturated rings. The summed E-state index contributed by atoms with van der Waals surface area (Å²) < 4.78 is 0. The van der Waals surface area contributed by atoms with E-state index in [9.17, 15) is 9.59 Å². The van der Waals surface area contributed by atoms with E-state index < -0.39 is 0 Å². The zero-order valence-corrected chi connectivity index (χ0v) is 13.8. The quantitative estimate of drug-likeness (QED) is 0.853. The number of aromatic nitrogens is 1. The van der Waals surface area contributed by atoms with Crippen LogP contribution >= 0.6 is 11.6 Å². The van der Waals surface area contributed by atoms with Crippen molar-refractivity contribution in [3.63, 3.8) is 0 Å². The van der Waals surface area contributed by atoms with E-state index in [1.807, 2.05) is 13.8 Å². The van der Waals surface area contributed by atoms with Crippen molar-refractivity contribution < 1.29 is 9.59 Å². The number of rotatable bonds is 5. The fraction of sp³-hybridized carbons (Fsp3) is 0.235. The van der Waals surface area contributed by atoms with Crippen LogP contribution in [0.3, 0.4) is 0 Å². The van der Waals surface area contributed by atoms with Crippen LogP contribution < -0.4 is 5.32 Å². The van der Waals surface area contributed by atoms with Crippen molar-refractivity contribution in [1.82, 2.24) is 9.88 Å². The first-order valence-corrected chi connectivity index (χ1v) is 7.75. The molecule has 0 radical (unpaired) electrons. The van der Waals surface area contributed by atoms with Gasteiger partial charge in [0.05, 0.1) is 0 Å². The maximum atomic E-state index is 12.2. The summed E-state index contributed by atoms with van der Waals surface area (Å²) in [5.74, 6) is -0.300. The smallest absolute Gasteiger partial charge is 0.255 e. The molecule has 2 rings (SSSR count). The van der Waals surface area contributed by atoms with Gasteiger partial charge in [0.2, 0.25) is 0 Å². The third-order valence-electron chi connectivity index (χ3n) is 3.43. The van der Waals surface area contributed by atoms with Crippen LogP contribution in [0.5, 0.6) is 0 Å². The molecule has 0 unspecified atom stereocenters. The van der Waals surface area contributed by atoms with Gasteiger partial charge in [-0.25, -0.2) is 4.98 Å². The van der Waals surface area contributed by atoms with Crippen LogP contribution in [-0.2, 0) is 0 Å². The number of carbonyl (C=O) groups excluding carboxylic acids is 2. The minimum Gasteiger partial charge on any atom is -0.339 e. The zero-order chi connectivity index (χ0) is 16.8. The van der Waals surface area contributed by atoms with Crippen molar-refractivity contribution in [2.45, 2.75) is 13.8 Å². The average molecular weight is 332 g/mol. The van der Waals surface area contributed by atoms with E-state index in [2.05, 4.69) is 10.3 Å². The van der Waals surface area contributed by atoms with Crippen molar-refractivity contribution in [2.24, 2.45) is 0 Å². The van der Waals surface area contributed by atoms with E-state index in [0.717, 1.165) is 0 Å². The number of anilines is 1. The fourth-order valence-corrected chi connectivity index (χ4v) is 2.31. The molecular weight excluding hydrogens is 314 g/mol. The molecule has 0 aliphatic heterocycles. The first-order chi connectivity index (χ1) is 11.0. The molecule has 5 nitrogen and oxygen atoms in total. The highest BCUT2D eigenvalue weighted by Gasteiger charge is 2.12. The Hall–Kier alpha value is -2.40. The number of hydrogen-bond acceptors (Lipinski definition) is 3. The van der Waals surface area contributed by atoms with Crippen LogP contribution in [0, 0.1) is 0 Å². The molecule has 0 aliphatic carbocycles. The molecule has 6 heteroatoms. The van der Waals surface area contributed by atoms with E-state index >= 15 is 0 Å². The molecule has 0 bridgehead atoms. The first kappa shape index (κ1) is 17.0. The normalized spacial score (nSPS) is 10.2. The number of amides is 2. The third-order valence-corrected chi connectivity index (χ3v) is 3.64. The zero-order valence-electron chi connectivity index (χ0n) is 13.0. The van der Waals surface area contributed by atoms with Crippen LogP contribution in [0.4, 0.5) is 5.69 Å². The van der Waals surface area contributed by atoms with E-state index in [1.54, 1.807) is 35.2 Å². The van der Waals surface area contributed by atoms with Crippen LogP contribution in [0.25, 0.3) is 0 Å². The molecule has 120 valence electrons. The highest BCUT2D eigenvalue weighted by Crippen LogP contribution is 2.14. The lowest BCUT2D eigenvalue weighted by Crippen LogP contribution is -2.30. The van der Waals surface area contributed by atoms with Gasteiger partial charge in [0.15, 0.2) is 0 Å². The molecule has 1 heterocycles. The number of pyridine rings is 1. The van der Waals surface area contributed by atoms with Gasteiger partial charge >= 0.3 is 0 Å². The van der Waals surface area contributed by atoms with Crippen molar-refractivity contribution in [1.29, 1.82) is 0 Å². The SMILES string of the molecule is CCN(CC)C(=O)c1ccc(NC(=O)c2ccnc(Cl)c2)cc1. The van der Waals surface area contributed by atoms with Gasteiger partial charge in [-0.05, 0) is 50.2 Å². The van der Waals surface area contributed by atoms with Crippen LogP contribution in [-0.4, -0.2) is 34.8 Å². The van der Waals surface area contributed by atoms with Crippen LogP contribution in [0.1, 0.15) is 34.6 Å². The van der Waals surface area contributed by atoms with Crippen molar-refractivity contribution in [2.75, 3.05) is 18.4 Å². The highest BCUT2D eigenvalue weighted by molar-refractivity contribution is 6.29. The largest absolute Gasteiger partial charge is 0.339 e. The summed E-state index contributed by atoms with van der Waals surface area (Å²) in [6.45, 7) is 5.21. The second-order valence-electron chi connectivity index (χ2n) is 4.88. The molecule has 23 heavy (non-hydrogen) atoms. The van der Waals surface area contributed by atoms with Crippen LogP contribution in [0.2, 0.25) is 5.15 Å². The van der Waals surface area contributed by atoms with E-state index in [0.29, 0.717) is 29.9 Å². The summed E-state index contributed by atoms with van der Waals surface area (Å²) in [4.78, 5) is 29.9. The molecule has 1 N–H and O–H groups in total. The third kappa shape index (κ3) is 4.29. The minimum absolute atomic E-state index is 0.0196. The minimum atomic E-state index is -0.280. The standard InChI is InChI=1S/C17H18ClN3O2/c1-3-21(4-2)17(23)12-5-7-14(8-6-12)20-16(22)13-9-10-19-15(18)11-13/h5-11H,3-4H2,1-2H3,(H,20,22). The van der Waals surface area contributed by atoms with Gasteiger partial charge in [-0.3, -0.25) is 9.59 Å². The van der Waals surface area contributed by atoms with Gasteiger partial charge in [0.1, 0.15) is 5.15 Å². The van der Waals surface area contributed by atoms with E-state index in [4.69, 9.17) is 11.6 Å². The summed E-state index contributed by atoms with van der Waals surface area (Å²) in [6.07, 6.45) is 1.48. The highest BCUT2D eigenvalue weighted by atomic mass is 35.5. The molecule has 0 aliphatic rings. The number of hydrogen-bond donors (Lipinski definition) is 1. The summed E-state index contributed by atoms with van der Waals surface area (Å²) >= 11 is 5.77. The van der Waals surface area contributed by atoms with Gasteiger partial charge < -0.3 is 10.2 Å². The molecule has 0 saturated carbocycles. The summed E-state index contributed by atoms with van der Waals surface area (Å²) in [6, 6.07) is 9.90. The molecule has 0 spiro atoms. The molecule has 2 aromatic rings. The second kappa shape index (κ2) is 7.74. The molecule has 1 aromatic carbocycles. The predicted molar refractivity (Wildman–Crippen MR) is 90.9 cm³/mol. The Kier molecular flexibility index (Phi) is 5.71.